The lowest BCUT2D eigenvalue weighted by Crippen LogP contribution is -2.49. The number of para-hydroxylation sites is 1. The number of nitrogens with zero attached hydrogens (tertiary/aromatic N) is 1. The molecule has 1 N–H and O–H groups in total. The Balaban J connectivity index is 2.30. The van der Waals surface area contributed by atoms with E-state index in [1.54, 1.807) is 4.90 Å². The summed E-state index contributed by atoms with van der Waals surface area (Å²) in [6.07, 6.45) is 0.553. The predicted octanol–water partition coefficient (Wildman–Crippen LogP) is 0.727. The maximum atomic E-state index is 12.1. The molecule has 1 aliphatic heterocycles. The van der Waals surface area contributed by atoms with Gasteiger partial charge in [0, 0.05) is 25.8 Å². The molecule has 1 aromatic rings. The molecule has 2 rings (SSSR count). The molecule has 0 saturated heterocycles. The molecule has 1 aromatic carbocycles. The third-order valence-corrected chi connectivity index (χ3v) is 3.17. The van der Waals surface area contributed by atoms with Crippen LogP contribution in [0, 0.1) is 0 Å². The van der Waals surface area contributed by atoms with E-state index in [4.69, 9.17) is 4.74 Å². The zero-order chi connectivity index (χ0) is 13.8. The van der Waals surface area contributed by atoms with Crippen molar-refractivity contribution in [3.05, 3.63) is 29.8 Å². The van der Waals surface area contributed by atoms with Gasteiger partial charge in [-0.3, -0.25) is 14.5 Å². The number of nitrogens with one attached hydrogen (secondary N) is 1. The van der Waals surface area contributed by atoms with Crippen molar-refractivity contribution in [3.8, 4) is 0 Å². The van der Waals surface area contributed by atoms with Crippen molar-refractivity contribution in [3.63, 3.8) is 0 Å². The van der Waals surface area contributed by atoms with Crippen LogP contribution in [-0.2, 0) is 20.7 Å². The number of ether oxygens (including phenoxy) is 1. The normalized spacial score (nSPS) is 17.2. The van der Waals surface area contributed by atoms with Gasteiger partial charge in [0.1, 0.15) is 12.6 Å². The molecule has 0 spiro atoms. The van der Waals surface area contributed by atoms with E-state index in [2.05, 4.69) is 5.32 Å². The van der Waals surface area contributed by atoms with Crippen LogP contribution in [-0.4, -0.2) is 38.1 Å². The topological polar surface area (TPSA) is 58.6 Å². The van der Waals surface area contributed by atoms with Gasteiger partial charge in [0.05, 0.1) is 0 Å². The van der Waals surface area contributed by atoms with Gasteiger partial charge in [0.15, 0.2) is 0 Å². The van der Waals surface area contributed by atoms with Crippen molar-refractivity contribution in [2.24, 2.45) is 0 Å². The maximum Gasteiger partial charge on any atom is 0.253 e. The van der Waals surface area contributed by atoms with E-state index in [9.17, 15) is 9.59 Å². The number of hydrogen-bond acceptors (Lipinski definition) is 3. The lowest BCUT2D eigenvalue weighted by atomic mass is 10.1. The summed E-state index contributed by atoms with van der Waals surface area (Å²) in [5, 5.41) is 2.78. The fourth-order valence-corrected chi connectivity index (χ4v) is 2.39. The molecule has 102 valence electrons. The molecular formula is C14H18N2O3. The highest BCUT2D eigenvalue weighted by molar-refractivity contribution is 6.04. The van der Waals surface area contributed by atoms with Crippen LogP contribution in [0.15, 0.2) is 24.3 Å². The van der Waals surface area contributed by atoms with E-state index in [-0.39, 0.29) is 18.4 Å². The van der Waals surface area contributed by atoms with Gasteiger partial charge in [-0.15, -0.1) is 0 Å². The second-order valence-electron chi connectivity index (χ2n) is 4.44. The Morgan fingerprint density at radius 1 is 1.42 bits per heavy atom. The highest BCUT2D eigenvalue weighted by Crippen LogP contribution is 2.32. The van der Waals surface area contributed by atoms with Gasteiger partial charge in [0.2, 0.25) is 5.91 Å². The molecule has 0 fully saturated rings. The Morgan fingerprint density at radius 3 is 2.84 bits per heavy atom. The summed E-state index contributed by atoms with van der Waals surface area (Å²) in [6, 6.07) is 7.12. The Morgan fingerprint density at radius 2 is 2.16 bits per heavy atom. The summed E-state index contributed by atoms with van der Waals surface area (Å²) < 4.78 is 4.90. The summed E-state index contributed by atoms with van der Waals surface area (Å²) in [5.74, 6) is -0.313. The van der Waals surface area contributed by atoms with Crippen LogP contribution in [0.2, 0.25) is 0 Å². The second-order valence-corrected chi connectivity index (χ2v) is 4.44. The zero-order valence-corrected chi connectivity index (χ0v) is 11.2. The van der Waals surface area contributed by atoms with E-state index >= 15 is 0 Å². The molecule has 2 amide bonds. The van der Waals surface area contributed by atoms with Crippen molar-refractivity contribution < 1.29 is 14.3 Å². The van der Waals surface area contributed by atoms with Crippen LogP contribution in [0.5, 0.6) is 0 Å². The molecule has 5 heteroatoms. The van der Waals surface area contributed by atoms with Gasteiger partial charge in [-0.1, -0.05) is 18.2 Å². The molecule has 1 aliphatic rings. The molecule has 0 aromatic heterocycles. The number of anilines is 1. The molecule has 1 heterocycles. The fraction of sp³-hybridized carbons (Fsp3) is 0.429. The Hall–Kier alpha value is -1.88. The third-order valence-electron chi connectivity index (χ3n) is 3.17. The minimum absolute atomic E-state index is 0.0236. The largest absolute Gasteiger partial charge is 0.375 e. The van der Waals surface area contributed by atoms with Gasteiger partial charge < -0.3 is 10.1 Å². The van der Waals surface area contributed by atoms with E-state index in [1.165, 1.54) is 7.11 Å². The average molecular weight is 262 g/mol. The number of amides is 2. The molecular weight excluding hydrogens is 244 g/mol. The van der Waals surface area contributed by atoms with Crippen molar-refractivity contribution in [1.82, 2.24) is 5.32 Å². The Bertz CT molecular complexity index is 487. The molecule has 0 saturated carbocycles. The monoisotopic (exact) mass is 262 g/mol. The highest BCUT2D eigenvalue weighted by Gasteiger charge is 2.37. The molecule has 19 heavy (non-hydrogen) atoms. The first-order valence-electron chi connectivity index (χ1n) is 6.35. The van der Waals surface area contributed by atoms with Gasteiger partial charge >= 0.3 is 0 Å². The van der Waals surface area contributed by atoms with E-state index in [0.29, 0.717) is 13.0 Å². The van der Waals surface area contributed by atoms with Crippen molar-refractivity contribution in [2.75, 3.05) is 25.2 Å². The summed E-state index contributed by atoms with van der Waals surface area (Å²) >= 11 is 0. The van der Waals surface area contributed by atoms with Gasteiger partial charge in [-0.05, 0) is 18.6 Å². The first kappa shape index (κ1) is 13.5. The minimum atomic E-state index is -0.472. The number of rotatable bonds is 4. The van der Waals surface area contributed by atoms with Crippen molar-refractivity contribution in [1.29, 1.82) is 0 Å². The first-order valence-corrected chi connectivity index (χ1v) is 6.35. The summed E-state index contributed by atoms with van der Waals surface area (Å²) in [4.78, 5) is 25.8. The molecule has 0 radical (unpaired) electrons. The van der Waals surface area contributed by atoms with E-state index in [1.807, 2.05) is 31.2 Å². The lowest BCUT2D eigenvalue weighted by Gasteiger charge is -2.24. The van der Waals surface area contributed by atoms with Crippen LogP contribution in [0.4, 0.5) is 5.69 Å². The zero-order valence-electron chi connectivity index (χ0n) is 11.2. The van der Waals surface area contributed by atoms with Crippen molar-refractivity contribution in [2.45, 2.75) is 19.4 Å². The molecule has 1 atom stereocenters. The molecule has 0 aliphatic carbocycles. The number of likely N-dealkylation sites (N-methyl/N-ethyl adjacent to an activating group) is 1. The lowest BCUT2D eigenvalue weighted by molar-refractivity contribution is -0.127. The number of methoxy groups -OCH3 is 1. The SMILES string of the molecule is CCNC(=O)[C@@H]1Cc2ccccc2N1C(=O)COC. The van der Waals surface area contributed by atoms with Gasteiger partial charge in [-0.2, -0.15) is 0 Å². The number of carbonyl (C=O) groups is 2. The van der Waals surface area contributed by atoms with Crippen molar-refractivity contribution >= 4 is 17.5 Å². The van der Waals surface area contributed by atoms with Crippen LogP contribution >= 0.6 is 0 Å². The number of benzene rings is 1. The quantitative estimate of drug-likeness (QED) is 0.870. The minimum Gasteiger partial charge on any atom is -0.375 e. The van der Waals surface area contributed by atoms with Crippen LogP contribution in [0.1, 0.15) is 12.5 Å². The molecule has 5 nitrogen and oxygen atoms in total. The van der Waals surface area contributed by atoms with E-state index in [0.717, 1.165) is 11.3 Å². The summed E-state index contributed by atoms with van der Waals surface area (Å²) in [6.45, 7) is 2.39. The summed E-state index contributed by atoms with van der Waals surface area (Å²) in [5.41, 5.74) is 1.82. The Kier molecular flexibility index (Phi) is 4.16. The van der Waals surface area contributed by atoms with E-state index < -0.39 is 6.04 Å². The first-order chi connectivity index (χ1) is 9.19. The predicted molar refractivity (Wildman–Crippen MR) is 72.0 cm³/mol. The highest BCUT2D eigenvalue weighted by atomic mass is 16.5. The van der Waals surface area contributed by atoms with Gasteiger partial charge in [-0.25, -0.2) is 0 Å². The standard InChI is InChI=1S/C14H18N2O3/c1-3-15-14(18)12-8-10-6-4-5-7-11(10)16(12)13(17)9-19-2/h4-7,12H,3,8-9H2,1-2H3,(H,15,18)/t12-/m0/s1. The molecule has 0 bridgehead atoms. The number of fused-ring (bicyclic) bond motifs is 1. The Labute approximate surface area is 112 Å². The fourth-order valence-electron chi connectivity index (χ4n) is 2.39. The maximum absolute atomic E-state index is 12.1. The number of carbonyl (C=O) groups excluding carboxylic acids is 2. The van der Waals surface area contributed by atoms with Crippen LogP contribution in [0.25, 0.3) is 0 Å². The average Bonchev–Trinajstić information content (AvgIpc) is 2.78. The van der Waals surface area contributed by atoms with Gasteiger partial charge in [0.25, 0.3) is 5.91 Å². The van der Waals surface area contributed by atoms with Crippen LogP contribution in [0.3, 0.4) is 0 Å². The summed E-state index contributed by atoms with van der Waals surface area (Å²) in [7, 11) is 1.47. The second kappa shape index (κ2) is 5.84. The number of hydrogen-bond donors (Lipinski definition) is 1. The smallest absolute Gasteiger partial charge is 0.253 e. The molecule has 0 unspecified atom stereocenters. The third kappa shape index (κ3) is 2.61. The van der Waals surface area contributed by atoms with Crippen LogP contribution < -0.4 is 10.2 Å².